The zero-order valence-corrected chi connectivity index (χ0v) is 11.1. The highest BCUT2D eigenvalue weighted by Crippen LogP contribution is 2.21. The largest absolute Gasteiger partial charge is 0.389 e. The summed E-state index contributed by atoms with van der Waals surface area (Å²) >= 11 is 0. The second-order valence-electron chi connectivity index (χ2n) is 4.64. The predicted molar refractivity (Wildman–Crippen MR) is 70.9 cm³/mol. The van der Waals surface area contributed by atoms with Gasteiger partial charge in [0.15, 0.2) is 0 Å². The summed E-state index contributed by atoms with van der Waals surface area (Å²) in [5, 5.41) is 2.58. The van der Waals surface area contributed by atoms with Crippen molar-refractivity contribution in [2.24, 2.45) is 5.73 Å². The number of halogens is 3. The molecule has 0 aromatic heterocycles. The van der Waals surface area contributed by atoms with Crippen LogP contribution in [0.4, 0.5) is 13.2 Å². The van der Waals surface area contributed by atoms with Gasteiger partial charge in [-0.1, -0.05) is 30.3 Å². The summed E-state index contributed by atoms with van der Waals surface area (Å²) in [6, 6.07) is 8.81. The van der Waals surface area contributed by atoms with Crippen molar-refractivity contribution in [3.63, 3.8) is 0 Å². The van der Waals surface area contributed by atoms with Crippen LogP contribution in [0.3, 0.4) is 0 Å². The van der Waals surface area contributed by atoms with Crippen LogP contribution in [0.15, 0.2) is 30.3 Å². The molecule has 0 saturated heterocycles. The van der Waals surface area contributed by atoms with Gasteiger partial charge in [-0.15, -0.1) is 0 Å². The van der Waals surface area contributed by atoms with Crippen LogP contribution in [0.5, 0.6) is 0 Å². The molecule has 3 N–H and O–H groups in total. The molecular weight excluding hydrogens is 269 g/mol. The van der Waals surface area contributed by atoms with Crippen LogP contribution in [-0.4, -0.2) is 18.6 Å². The second kappa shape index (κ2) is 7.89. The van der Waals surface area contributed by atoms with Crippen molar-refractivity contribution in [2.45, 2.75) is 37.9 Å². The van der Waals surface area contributed by atoms with E-state index in [1.54, 1.807) is 0 Å². The Hall–Kier alpha value is -1.56. The minimum Gasteiger partial charge on any atom is -0.356 e. The number of hydrogen-bond donors (Lipinski definition) is 2. The van der Waals surface area contributed by atoms with Gasteiger partial charge in [-0.05, 0) is 18.4 Å². The van der Waals surface area contributed by atoms with Gasteiger partial charge >= 0.3 is 6.18 Å². The topological polar surface area (TPSA) is 55.1 Å². The molecule has 6 heteroatoms. The number of benzene rings is 1. The molecule has 0 heterocycles. The highest BCUT2D eigenvalue weighted by molar-refractivity contribution is 5.76. The second-order valence-corrected chi connectivity index (χ2v) is 4.64. The van der Waals surface area contributed by atoms with E-state index < -0.39 is 18.6 Å². The molecule has 0 radical (unpaired) electrons. The van der Waals surface area contributed by atoms with Crippen molar-refractivity contribution in [1.82, 2.24) is 5.32 Å². The first-order chi connectivity index (χ1) is 9.38. The van der Waals surface area contributed by atoms with Crippen LogP contribution in [0.2, 0.25) is 0 Å². The number of amides is 1. The lowest BCUT2D eigenvalue weighted by Crippen LogP contribution is -2.28. The van der Waals surface area contributed by atoms with E-state index in [2.05, 4.69) is 5.32 Å². The van der Waals surface area contributed by atoms with Crippen LogP contribution in [0.25, 0.3) is 0 Å². The van der Waals surface area contributed by atoms with E-state index in [-0.39, 0.29) is 25.3 Å². The molecule has 20 heavy (non-hydrogen) atoms. The summed E-state index contributed by atoms with van der Waals surface area (Å²) in [6.07, 6.45) is -4.48. The highest BCUT2D eigenvalue weighted by atomic mass is 19.4. The number of rotatable bonds is 7. The number of alkyl halides is 3. The Morgan fingerprint density at radius 2 is 1.85 bits per heavy atom. The van der Waals surface area contributed by atoms with Gasteiger partial charge in [-0.25, -0.2) is 0 Å². The number of carbonyl (C=O) groups excluding carboxylic acids is 1. The average molecular weight is 288 g/mol. The lowest BCUT2D eigenvalue weighted by atomic mass is 10.0. The van der Waals surface area contributed by atoms with E-state index in [0.717, 1.165) is 5.56 Å². The smallest absolute Gasteiger partial charge is 0.356 e. The Bertz CT molecular complexity index is 407. The quantitative estimate of drug-likeness (QED) is 0.758. The van der Waals surface area contributed by atoms with E-state index >= 15 is 0 Å². The monoisotopic (exact) mass is 288 g/mol. The Morgan fingerprint density at radius 3 is 2.45 bits per heavy atom. The molecule has 1 aromatic rings. The molecule has 0 aliphatic rings. The molecule has 0 spiro atoms. The van der Waals surface area contributed by atoms with Crippen LogP contribution in [-0.2, 0) is 4.79 Å². The van der Waals surface area contributed by atoms with Gasteiger partial charge in [0.25, 0.3) is 0 Å². The van der Waals surface area contributed by atoms with Gasteiger partial charge in [0.05, 0.1) is 0 Å². The van der Waals surface area contributed by atoms with Crippen LogP contribution >= 0.6 is 0 Å². The van der Waals surface area contributed by atoms with Gasteiger partial charge < -0.3 is 11.1 Å². The third kappa shape index (κ3) is 7.13. The van der Waals surface area contributed by atoms with Crippen LogP contribution in [0, 0.1) is 0 Å². The zero-order chi connectivity index (χ0) is 15.0. The molecular formula is C14H19F3N2O. The molecule has 1 atom stereocenters. The van der Waals surface area contributed by atoms with Crippen LogP contribution in [0.1, 0.15) is 37.3 Å². The standard InChI is InChI=1S/C14H19F3N2O/c15-14(16,17)8-4-5-9-19-13(20)10-12(18)11-6-2-1-3-7-11/h1-3,6-7,12H,4-5,8-10,18H2,(H,19,20). The first kappa shape index (κ1) is 16.5. The van der Waals surface area contributed by atoms with E-state index in [1.807, 2.05) is 30.3 Å². The molecule has 3 nitrogen and oxygen atoms in total. The first-order valence-corrected chi connectivity index (χ1v) is 6.52. The molecule has 1 amide bonds. The number of unbranched alkanes of at least 4 members (excludes halogenated alkanes) is 1. The molecule has 0 aliphatic carbocycles. The zero-order valence-electron chi connectivity index (χ0n) is 11.1. The van der Waals surface area contributed by atoms with E-state index in [4.69, 9.17) is 5.73 Å². The molecule has 0 saturated carbocycles. The summed E-state index contributed by atoms with van der Waals surface area (Å²) in [5.41, 5.74) is 6.73. The van der Waals surface area contributed by atoms with Crippen molar-refractivity contribution in [3.8, 4) is 0 Å². The Balaban J connectivity index is 2.18. The van der Waals surface area contributed by atoms with Gasteiger partial charge in [0.2, 0.25) is 5.91 Å². The molecule has 112 valence electrons. The van der Waals surface area contributed by atoms with Crippen molar-refractivity contribution in [2.75, 3.05) is 6.54 Å². The summed E-state index contributed by atoms with van der Waals surface area (Å²) in [4.78, 5) is 11.6. The third-order valence-electron chi connectivity index (χ3n) is 2.84. The van der Waals surface area contributed by atoms with Crippen LogP contribution < -0.4 is 11.1 Å². The summed E-state index contributed by atoms with van der Waals surface area (Å²) < 4.78 is 35.7. The van der Waals surface area contributed by atoms with Gasteiger partial charge in [-0.2, -0.15) is 13.2 Å². The maximum absolute atomic E-state index is 11.9. The average Bonchev–Trinajstić information content (AvgIpc) is 2.38. The predicted octanol–water partition coefficient (Wildman–Crippen LogP) is 2.93. The van der Waals surface area contributed by atoms with Gasteiger partial charge in [0, 0.05) is 25.4 Å². The molecule has 1 rings (SSSR count). The van der Waals surface area contributed by atoms with Gasteiger partial charge in [0.1, 0.15) is 0 Å². The molecule has 0 aliphatic heterocycles. The summed E-state index contributed by atoms with van der Waals surface area (Å²) in [7, 11) is 0. The van der Waals surface area contributed by atoms with Crippen molar-refractivity contribution in [3.05, 3.63) is 35.9 Å². The SMILES string of the molecule is NC(CC(=O)NCCCCC(F)(F)F)c1ccccc1. The van der Waals surface area contributed by atoms with E-state index in [0.29, 0.717) is 6.42 Å². The maximum Gasteiger partial charge on any atom is 0.389 e. The Labute approximate surface area is 116 Å². The summed E-state index contributed by atoms with van der Waals surface area (Å²) in [5.74, 6) is -0.242. The molecule has 0 fully saturated rings. The fourth-order valence-electron chi connectivity index (χ4n) is 1.77. The number of nitrogens with one attached hydrogen (secondary N) is 1. The lowest BCUT2D eigenvalue weighted by molar-refractivity contribution is -0.135. The highest BCUT2D eigenvalue weighted by Gasteiger charge is 2.25. The van der Waals surface area contributed by atoms with Crippen molar-refractivity contribution in [1.29, 1.82) is 0 Å². The fraction of sp³-hybridized carbons (Fsp3) is 0.500. The normalized spacial score (nSPS) is 13.0. The number of nitrogens with two attached hydrogens (primary N) is 1. The van der Waals surface area contributed by atoms with Crippen molar-refractivity contribution < 1.29 is 18.0 Å². The Morgan fingerprint density at radius 1 is 1.20 bits per heavy atom. The maximum atomic E-state index is 11.9. The molecule has 0 bridgehead atoms. The minimum absolute atomic E-state index is 0.0223. The Kier molecular flexibility index (Phi) is 6.51. The van der Waals surface area contributed by atoms with E-state index in [9.17, 15) is 18.0 Å². The fourth-order valence-corrected chi connectivity index (χ4v) is 1.77. The number of carbonyl (C=O) groups is 1. The summed E-state index contributed by atoms with van der Waals surface area (Å²) in [6.45, 7) is 0.246. The molecule has 1 unspecified atom stereocenters. The van der Waals surface area contributed by atoms with Crippen molar-refractivity contribution >= 4 is 5.91 Å². The minimum atomic E-state index is -4.13. The molecule has 1 aromatic carbocycles. The lowest BCUT2D eigenvalue weighted by Gasteiger charge is -2.12. The van der Waals surface area contributed by atoms with Gasteiger partial charge in [-0.3, -0.25) is 4.79 Å². The first-order valence-electron chi connectivity index (χ1n) is 6.52. The third-order valence-corrected chi connectivity index (χ3v) is 2.84. The number of hydrogen-bond acceptors (Lipinski definition) is 2. The van der Waals surface area contributed by atoms with E-state index in [1.165, 1.54) is 0 Å².